The van der Waals surface area contributed by atoms with Crippen molar-refractivity contribution in [3.63, 3.8) is 0 Å². The number of carbonyl (C=O) groups excluding carboxylic acids is 4. The summed E-state index contributed by atoms with van der Waals surface area (Å²) in [7, 11) is 4.71. The van der Waals surface area contributed by atoms with Crippen LogP contribution in [0.2, 0.25) is 0 Å². The number of hydrogen-bond donors (Lipinski definition) is 2. The molecule has 318 valence electrons. The van der Waals surface area contributed by atoms with Gasteiger partial charge in [-0.3, -0.25) is 14.4 Å². The van der Waals surface area contributed by atoms with Gasteiger partial charge >= 0.3 is 5.97 Å². The Hall–Kier alpha value is -2.19. The molecule has 3 heterocycles. The van der Waals surface area contributed by atoms with Gasteiger partial charge in [0, 0.05) is 52.0 Å². The molecule has 1 saturated carbocycles. The zero-order chi connectivity index (χ0) is 41.5. The molecule has 0 spiro atoms. The highest BCUT2D eigenvalue weighted by molar-refractivity contribution is 6.39. The van der Waals surface area contributed by atoms with E-state index in [2.05, 4.69) is 6.92 Å². The quantitative estimate of drug-likeness (QED) is 0.146. The first-order valence-corrected chi connectivity index (χ1v) is 21.2. The number of rotatable bonds is 6. The lowest BCUT2D eigenvalue weighted by Crippen LogP contribution is -2.64. The Kier molecular flexibility index (Phi) is 17.2. The number of cyclic esters (lactones) is 1. The second-order valence-corrected chi connectivity index (χ2v) is 17.7. The van der Waals surface area contributed by atoms with Gasteiger partial charge in [0.1, 0.15) is 24.0 Å². The summed E-state index contributed by atoms with van der Waals surface area (Å²) in [4.78, 5) is 57.7. The number of halogens is 1. The van der Waals surface area contributed by atoms with Crippen LogP contribution >= 0.6 is 11.6 Å². The third-order valence-corrected chi connectivity index (χ3v) is 13.3. The summed E-state index contributed by atoms with van der Waals surface area (Å²) in [6.07, 6.45) is 5.16. The third-order valence-electron chi connectivity index (χ3n) is 12.8. The summed E-state index contributed by atoms with van der Waals surface area (Å²) in [5, 5.41) is 23.6. The number of fused-ring (bicyclic) bond motifs is 3. The highest BCUT2D eigenvalue weighted by atomic mass is 35.5. The molecule has 2 bridgehead atoms. The summed E-state index contributed by atoms with van der Waals surface area (Å²) in [6.45, 7) is 11.3. The number of methoxy groups -OCH3 is 3. The van der Waals surface area contributed by atoms with Crippen LogP contribution in [0.1, 0.15) is 112 Å². The molecule has 14 atom stereocenters. The molecule has 2 saturated heterocycles. The number of allylic oxidation sites excluding steroid dienone is 3. The number of nitrogens with zero attached hydrogens (tertiary/aromatic N) is 1. The van der Waals surface area contributed by atoms with Crippen molar-refractivity contribution in [2.45, 2.75) is 166 Å². The van der Waals surface area contributed by atoms with Gasteiger partial charge in [0.15, 0.2) is 0 Å². The number of alkyl halides is 1. The Morgan fingerprint density at radius 1 is 0.964 bits per heavy atom. The van der Waals surface area contributed by atoms with Crippen molar-refractivity contribution in [2.24, 2.45) is 29.6 Å². The first-order chi connectivity index (χ1) is 26.5. The molecule has 13 heteroatoms. The van der Waals surface area contributed by atoms with E-state index >= 15 is 0 Å². The molecule has 3 fully saturated rings. The number of aliphatic hydroxyl groups excluding tert-OH is 1. The number of amides is 1. The second-order valence-electron chi connectivity index (χ2n) is 17.1. The highest BCUT2D eigenvalue weighted by Crippen LogP contribution is 2.39. The SMILES string of the molecule is CC[C@@H]1/C=C(\C)C[C@H](C)C[C@H](OC)[C@H]2O[C@@](O)(C(=O)C(=O)N3CCCC[C@@H]3C(=O)O[C@H](/C(C)=C/[C@@H]3CC[C@H](Cl)[C@H](OC)C3)[C@H](C)[C@H](O)CC1=O)[C@@H](C)C[C@@H]2OC. The second kappa shape index (κ2) is 20.7. The van der Waals surface area contributed by atoms with Crippen molar-refractivity contribution >= 4 is 35.0 Å². The van der Waals surface area contributed by atoms with Crippen LogP contribution in [0.25, 0.3) is 0 Å². The molecule has 4 rings (SSSR count). The van der Waals surface area contributed by atoms with Gasteiger partial charge in [-0.05, 0) is 95.5 Å². The molecule has 1 aliphatic carbocycles. The Bertz CT molecular complexity index is 1440. The molecule has 0 radical (unpaired) electrons. The number of aliphatic hydroxyl groups is 2. The summed E-state index contributed by atoms with van der Waals surface area (Å²) < 4.78 is 29.9. The zero-order valence-electron chi connectivity index (χ0n) is 35.0. The fourth-order valence-corrected chi connectivity index (χ4v) is 9.69. The first-order valence-electron chi connectivity index (χ1n) is 20.7. The minimum atomic E-state index is -2.49. The van der Waals surface area contributed by atoms with E-state index in [4.69, 9.17) is 35.3 Å². The number of ketones is 2. The Labute approximate surface area is 339 Å². The minimum absolute atomic E-state index is 0.0425. The van der Waals surface area contributed by atoms with Gasteiger partial charge in [0.05, 0.1) is 29.8 Å². The topological polar surface area (TPSA) is 158 Å². The van der Waals surface area contributed by atoms with Crippen molar-refractivity contribution in [3.05, 3.63) is 23.3 Å². The van der Waals surface area contributed by atoms with E-state index in [1.54, 1.807) is 21.0 Å². The molecule has 0 aromatic rings. The van der Waals surface area contributed by atoms with Gasteiger partial charge in [0.25, 0.3) is 11.7 Å². The number of esters is 1. The van der Waals surface area contributed by atoms with Gasteiger partial charge < -0.3 is 38.8 Å². The number of hydrogen-bond acceptors (Lipinski definition) is 11. The molecule has 0 unspecified atom stereocenters. The summed E-state index contributed by atoms with van der Waals surface area (Å²) in [5.41, 5.74) is 1.71. The van der Waals surface area contributed by atoms with Crippen LogP contribution < -0.4 is 0 Å². The normalized spacial score (nSPS) is 41.6. The lowest BCUT2D eigenvalue weighted by molar-refractivity contribution is -0.302. The standard InChI is InChI=1S/C43H68ClNO11/c1-10-30-18-24(2)17-25(3)19-36(53-8)39-37(54-9)21-27(5)43(51,56-39)40(48)41(49)45-16-12-11-13-32(45)42(50)55-38(28(6)33(46)23-34(30)47)26(4)20-29-14-15-31(44)35(22-29)52-7/h18,20,25,27-33,35-39,46,51H,10-17,19,21-23H2,1-9H3/b24-18+,26-20+/t25-,27-,28+,29-,30+,31-,32+,33+,35+,36-,37-,38+,39+,43+/m0/s1. The fourth-order valence-electron chi connectivity index (χ4n) is 9.36. The van der Waals surface area contributed by atoms with E-state index < -0.39 is 77.8 Å². The van der Waals surface area contributed by atoms with Crippen LogP contribution in [-0.2, 0) is 42.9 Å². The smallest absolute Gasteiger partial charge is 0.329 e. The molecule has 2 N–H and O–H groups in total. The van der Waals surface area contributed by atoms with Crippen molar-refractivity contribution in [2.75, 3.05) is 27.9 Å². The van der Waals surface area contributed by atoms with Gasteiger partial charge in [-0.2, -0.15) is 0 Å². The maximum Gasteiger partial charge on any atom is 0.329 e. The van der Waals surface area contributed by atoms with E-state index in [0.29, 0.717) is 44.1 Å². The van der Waals surface area contributed by atoms with Crippen molar-refractivity contribution < 1.29 is 53.1 Å². The van der Waals surface area contributed by atoms with Crippen molar-refractivity contribution in [3.8, 4) is 0 Å². The fraction of sp³-hybridized carbons (Fsp3) is 0.814. The van der Waals surface area contributed by atoms with Crippen LogP contribution in [0.4, 0.5) is 0 Å². The lowest BCUT2D eigenvalue weighted by atomic mass is 9.82. The maximum absolute atomic E-state index is 14.3. The highest BCUT2D eigenvalue weighted by Gasteiger charge is 2.56. The number of Topliss-reactive ketones (excluding diaryl/α,β-unsaturated/α-hetero) is 2. The van der Waals surface area contributed by atoms with Crippen LogP contribution in [0.3, 0.4) is 0 Å². The van der Waals surface area contributed by atoms with Crippen molar-refractivity contribution in [1.82, 2.24) is 4.90 Å². The molecular formula is C43H68ClNO11. The Morgan fingerprint density at radius 2 is 1.62 bits per heavy atom. The van der Waals surface area contributed by atoms with Crippen LogP contribution in [0.15, 0.2) is 23.3 Å². The predicted octanol–water partition coefficient (Wildman–Crippen LogP) is 5.72. The molecule has 0 aromatic carbocycles. The summed E-state index contributed by atoms with van der Waals surface area (Å²) in [6, 6.07) is -1.12. The van der Waals surface area contributed by atoms with Gasteiger partial charge in [-0.1, -0.05) is 45.4 Å². The Balaban J connectivity index is 1.76. The van der Waals surface area contributed by atoms with Crippen LogP contribution in [0, 0.1) is 29.6 Å². The van der Waals surface area contributed by atoms with E-state index in [0.717, 1.165) is 18.4 Å². The van der Waals surface area contributed by atoms with Crippen molar-refractivity contribution in [1.29, 1.82) is 0 Å². The average Bonchev–Trinajstić information content (AvgIpc) is 3.18. The van der Waals surface area contributed by atoms with Gasteiger partial charge in [-0.15, -0.1) is 11.6 Å². The van der Waals surface area contributed by atoms with Crippen LogP contribution in [0.5, 0.6) is 0 Å². The molecule has 3 aliphatic heterocycles. The third kappa shape index (κ3) is 10.9. The minimum Gasteiger partial charge on any atom is -0.456 e. The van der Waals surface area contributed by atoms with E-state index in [1.807, 2.05) is 32.9 Å². The number of piperidine rings is 1. The largest absolute Gasteiger partial charge is 0.456 e. The molecule has 0 aromatic heterocycles. The van der Waals surface area contributed by atoms with E-state index in [1.165, 1.54) is 19.1 Å². The monoisotopic (exact) mass is 809 g/mol. The van der Waals surface area contributed by atoms with Crippen LogP contribution in [-0.4, -0.2) is 120 Å². The summed E-state index contributed by atoms with van der Waals surface area (Å²) in [5.74, 6) is -7.31. The molecule has 1 amide bonds. The average molecular weight is 810 g/mol. The zero-order valence-corrected chi connectivity index (χ0v) is 35.8. The molecular weight excluding hydrogens is 742 g/mol. The number of carbonyl (C=O) groups is 4. The molecule has 4 aliphatic rings. The van der Waals surface area contributed by atoms with E-state index in [-0.39, 0.29) is 54.9 Å². The van der Waals surface area contributed by atoms with Gasteiger partial charge in [-0.25, -0.2) is 4.79 Å². The first kappa shape index (κ1) is 46.5. The maximum atomic E-state index is 14.3. The van der Waals surface area contributed by atoms with Gasteiger partial charge in [0.2, 0.25) is 5.79 Å². The molecule has 56 heavy (non-hydrogen) atoms. The lowest BCUT2D eigenvalue weighted by Gasteiger charge is -2.47. The molecule has 12 nitrogen and oxygen atoms in total. The number of ether oxygens (including phenoxy) is 5. The van der Waals surface area contributed by atoms with E-state index in [9.17, 15) is 29.4 Å². The Morgan fingerprint density at radius 3 is 2.27 bits per heavy atom. The predicted molar refractivity (Wildman–Crippen MR) is 212 cm³/mol. The summed E-state index contributed by atoms with van der Waals surface area (Å²) >= 11 is 6.52.